The Hall–Kier alpha value is -2.87. The van der Waals surface area contributed by atoms with Crippen molar-refractivity contribution in [1.82, 2.24) is 0 Å². The van der Waals surface area contributed by atoms with Crippen molar-refractivity contribution in [3.8, 4) is 0 Å². The van der Waals surface area contributed by atoms with Crippen LogP contribution in [-0.2, 0) is 9.53 Å². The van der Waals surface area contributed by atoms with Crippen LogP contribution in [0.15, 0.2) is 86.5 Å². The zero-order valence-corrected chi connectivity index (χ0v) is 13.7. The van der Waals surface area contributed by atoms with Crippen LogP contribution in [0, 0.1) is 0 Å². The number of hydrogen-bond acceptors (Lipinski definition) is 2. The Bertz CT molecular complexity index is 528. The van der Waals surface area contributed by atoms with Crippen molar-refractivity contribution < 1.29 is 9.53 Å². The predicted octanol–water partition coefficient (Wildman–Crippen LogP) is 5.39. The molecule has 0 aliphatic rings. The number of carbonyl (C=O) groups is 1. The van der Waals surface area contributed by atoms with E-state index >= 15 is 0 Å². The molecule has 0 aliphatic carbocycles. The molecule has 0 aliphatic heterocycles. The molecule has 0 saturated carbocycles. The van der Waals surface area contributed by atoms with Crippen molar-refractivity contribution >= 4 is 18.1 Å². The number of benzene rings is 2. The quantitative estimate of drug-likeness (QED) is 0.559. The van der Waals surface area contributed by atoms with Crippen molar-refractivity contribution in [1.29, 1.82) is 0 Å². The fraction of sp³-hybridized carbons (Fsp3) is 0.0952. The second kappa shape index (κ2) is 14.1. The number of esters is 1. The maximum absolute atomic E-state index is 10.1. The van der Waals surface area contributed by atoms with Gasteiger partial charge in [-0.3, -0.25) is 0 Å². The normalized spacial score (nSPS) is 8.22. The molecule has 2 heteroatoms. The van der Waals surface area contributed by atoms with E-state index in [9.17, 15) is 4.79 Å². The molecule has 0 N–H and O–H groups in total. The molecule has 0 heterocycles. The molecular formula is C21H24O2. The standard InChI is InChI=1S/2C8H8.C5H8O2/c2*1-2-8-6-4-3-5-7-8;1-3-5(6)7-4-2/h2*2-7H,1H2;3H,1,4H2,2H3. The van der Waals surface area contributed by atoms with Crippen molar-refractivity contribution in [2.75, 3.05) is 6.61 Å². The molecule has 2 aromatic rings. The van der Waals surface area contributed by atoms with Crippen LogP contribution in [0.2, 0.25) is 0 Å². The van der Waals surface area contributed by atoms with Crippen LogP contribution >= 0.6 is 0 Å². The third-order valence-electron chi connectivity index (χ3n) is 2.52. The second-order valence-corrected chi connectivity index (χ2v) is 4.19. The predicted molar refractivity (Wildman–Crippen MR) is 99.9 cm³/mol. The molecule has 0 bridgehead atoms. The Kier molecular flexibility index (Phi) is 12.3. The summed E-state index contributed by atoms with van der Waals surface area (Å²) >= 11 is 0. The van der Waals surface area contributed by atoms with Crippen LogP contribution in [0.25, 0.3) is 12.2 Å². The molecule has 0 radical (unpaired) electrons. The minimum absolute atomic E-state index is 0.359. The monoisotopic (exact) mass is 308 g/mol. The number of hydrogen-bond donors (Lipinski definition) is 0. The lowest BCUT2D eigenvalue weighted by Gasteiger charge is -1.90. The molecule has 0 amide bonds. The van der Waals surface area contributed by atoms with Crippen molar-refractivity contribution in [2.24, 2.45) is 0 Å². The van der Waals surface area contributed by atoms with E-state index < -0.39 is 0 Å². The van der Waals surface area contributed by atoms with Gasteiger partial charge in [-0.2, -0.15) is 0 Å². The molecule has 0 saturated heterocycles. The fourth-order valence-electron chi connectivity index (χ4n) is 1.38. The molecule has 0 atom stereocenters. The SMILES string of the molecule is C=CC(=O)OCC.C=Cc1ccccc1.C=Cc1ccccc1. The van der Waals surface area contributed by atoms with E-state index in [4.69, 9.17) is 0 Å². The zero-order chi connectivity index (χ0) is 17.3. The molecule has 23 heavy (non-hydrogen) atoms. The Morgan fingerprint density at radius 2 is 1.26 bits per heavy atom. The van der Waals surface area contributed by atoms with Crippen LogP contribution in [0.5, 0.6) is 0 Å². The Morgan fingerprint density at radius 3 is 1.43 bits per heavy atom. The van der Waals surface area contributed by atoms with E-state index in [0.29, 0.717) is 6.61 Å². The first-order valence-corrected chi connectivity index (χ1v) is 7.32. The summed E-state index contributed by atoms with van der Waals surface area (Å²) < 4.78 is 4.43. The summed E-state index contributed by atoms with van der Waals surface area (Å²) in [6, 6.07) is 20.1. The molecule has 120 valence electrons. The van der Waals surface area contributed by atoms with Crippen LogP contribution in [-0.4, -0.2) is 12.6 Å². The van der Waals surface area contributed by atoms with Gasteiger partial charge in [0.1, 0.15) is 0 Å². The summed E-state index contributed by atoms with van der Waals surface area (Å²) in [5.41, 5.74) is 2.35. The van der Waals surface area contributed by atoms with Crippen LogP contribution in [0.1, 0.15) is 18.1 Å². The highest BCUT2D eigenvalue weighted by atomic mass is 16.5. The topological polar surface area (TPSA) is 26.3 Å². The summed E-state index contributed by atoms with van der Waals surface area (Å²) in [7, 11) is 0. The Morgan fingerprint density at radius 1 is 0.870 bits per heavy atom. The lowest BCUT2D eigenvalue weighted by atomic mass is 10.2. The number of rotatable bonds is 4. The summed E-state index contributed by atoms with van der Waals surface area (Å²) in [5, 5.41) is 0. The average Bonchev–Trinajstić information content (AvgIpc) is 2.64. The van der Waals surface area contributed by atoms with Gasteiger partial charge in [-0.15, -0.1) is 0 Å². The third kappa shape index (κ3) is 11.5. The second-order valence-electron chi connectivity index (χ2n) is 4.19. The molecule has 0 spiro atoms. The molecule has 0 aromatic heterocycles. The molecule has 2 nitrogen and oxygen atoms in total. The van der Waals surface area contributed by atoms with Gasteiger partial charge < -0.3 is 4.74 Å². The van der Waals surface area contributed by atoms with Gasteiger partial charge in [-0.05, 0) is 18.1 Å². The Balaban J connectivity index is 0.000000317. The minimum Gasteiger partial charge on any atom is -0.463 e. The first-order chi connectivity index (χ1) is 11.2. The highest BCUT2D eigenvalue weighted by Crippen LogP contribution is 1.98. The maximum atomic E-state index is 10.1. The van der Waals surface area contributed by atoms with E-state index in [-0.39, 0.29) is 5.97 Å². The lowest BCUT2D eigenvalue weighted by Crippen LogP contribution is -1.97. The smallest absolute Gasteiger partial charge is 0.330 e. The van der Waals surface area contributed by atoms with E-state index in [1.54, 1.807) is 6.92 Å². The van der Waals surface area contributed by atoms with E-state index in [1.807, 2.05) is 72.8 Å². The molecule has 2 rings (SSSR count). The fourth-order valence-corrected chi connectivity index (χ4v) is 1.38. The summed E-state index contributed by atoms with van der Waals surface area (Å²) in [6.07, 6.45) is 4.81. The van der Waals surface area contributed by atoms with Crippen molar-refractivity contribution in [3.63, 3.8) is 0 Å². The van der Waals surface area contributed by atoms with E-state index in [2.05, 4.69) is 24.5 Å². The van der Waals surface area contributed by atoms with Gasteiger partial charge in [0.15, 0.2) is 0 Å². The van der Waals surface area contributed by atoms with Gasteiger partial charge in [-0.25, -0.2) is 4.79 Å². The third-order valence-corrected chi connectivity index (χ3v) is 2.52. The summed E-state index contributed by atoms with van der Waals surface area (Å²) in [4.78, 5) is 10.1. The van der Waals surface area contributed by atoms with Crippen molar-refractivity contribution in [3.05, 3.63) is 97.6 Å². The first kappa shape index (κ1) is 20.1. The van der Waals surface area contributed by atoms with Gasteiger partial charge in [0.25, 0.3) is 0 Å². The van der Waals surface area contributed by atoms with Crippen LogP contribution < -0.4 is 0 Å². The maximum Gasteiger partial charge on any atom is 0.330 e. The zero-order valence-electron chi connectivity index (χ0n) is 13.7. The lowest BCUT2D eigenvalue weighted by molar-refractivity contribution is -0.137. The van der Waals surface area contributed by atoms with Gasteiger partial charge in [0, 0.05) is 6.08 Å². The highest BCUT2D eigenvalue weighted by Gasteiger charge is 1.86. The molecule has 2 aromatic carbocycles. The molecular weight excluding hydrogens is 284 g/mol. The summed E-state index contributed by atoms with van der Waals surface area (Å²) in [6.45, 7) is 12.6. The first-order valence-electron chi connectivity index (χ1n) is 7.32. The van der Waals surface area contributed by atoms with Gasteiger partial charge in [0.05, 0.1) is 6.61 Å². The minimum atomic E-state index is -0.359. The molecule has 0 fully saturated rings. The van der Waals surface area contributed by atoms with Gasteiger partial charge in [-0.1, -0.05) is 92.6 Å². The van der Waals surface area contributed by atoms with Crippen molar-refractivity contribution in [2.45, 2.75) is 6.92 Å². The largest absolute Gasteiger partial charge is 0.463 e. The van der Waals surface area contributed by atoms with E-state index in [1.165, 1.54) is 11.1 Å². The van der Waals surface area contributed by atoms with E-state index in [0.717, 1.165) is 6.08 Å². The van der Waals surface area contributed by atoms with Crippen LogP contribution in [0.3, 0.4) is 0 Å². The van der Waals surface area contributed by atoms with Crippen LogP contribution in [0.4, 0.5) is 0 Å². The van der Waals surface area contributed by atoms with Gasteiger partial charge in [0.2, 0.25) is 0 Å². The number of carbonyl (C=O) groups excluding carboxylic acids is 1. The summed E-state index contributed by atoms with van der Waals surface area (Å²) in [5.74, 6) is -0.359. The van der Waals surface area contributed by atoms with Gasteiger partial charge >= 0.3 is 5.97 Å². The molecule has 0 unspecified atom stereocenters. The highest BCUT2D eigenvalue weighted by molar-refractivity contribution is 5.81. The Labute approximate surface area is 139 Å². The number of ether oxygens (including phenoxy) is 1. The average molecular weight is 308 g/mol.